The van der Waals surface area contributed by atoms with Crippen molar-refractivity contribution in [3.63, 3.8) is 0 Å². The van der Waals surface area contributed by atoms with Gasteiger partial charge in [-0.05, 0) is 70.2 Å². The van der Waals surface area contributed by atoms with Crippen LogP contribution >= 0.6 is 0 Å². The molecule has 0 unspecified atom stereocenters. The molecule has 0 aromatic heterocycles. The Bertz CT molecular complexity index is 1130. The third-order valence-corrected chi connectivity index (χ3v) is 5.84. The molecule has 0 saturated carbocycles. The number of carbonyl (C=O) groups excluding carboxylic acids is 3. The molecule has 0 saturated heterocycles. The van der Waals surface area contributed by atoms with Gasteiger partial charge in [0.15, 0.2) is 0 Å². The topological polar surface area (TPSA) is 95.6 Å². The lowest BCUT2D eigenvalue weighted by molar-refractivity contribution is -0.137. The molecule has 3 amide bonds. The lowest BCUT2D eigenvalue weighted by Crippen LogP contribution is -2.53. The van der Waals surface area contributed by atoms with E-state index in [2.05, 4.69) is 10.6 Å². The van der Waals surface area contributed by atoms with Crippen LogP contribution in [0.15, 0.2) is 48.5 Å². The first kappa shape index (κ1) is 29.0. The first-order valence-corrected chi connectivity index (χ1v) is 12.3. The van der Waals surface area contributed by atoms with Crippen LogP contribution in [0.2, 0.25) is 0 Å². The number of carbonyl (C=O) groups is 3. The van der Waals surface area contributed by atoms with Crippen molar-refractivity contribution in [2.45, 2.75) is 45.5 Å². The highest BCUT2D eigenvalue weighted by molar-refractivity contribution is 7.86. The van der Waals surface area contributed by atoms with Gasteiger partial charge in [0, 0.05) is 27.7 Å². The number of nitrogens with one attached hydrogen (secondary N) is 2. The second-order valence-electron chi connectivity index (χ2n) is 9.01. The summed E-state index contributed by atoms with van der Waals surface area (Å²) >= 11 is 0. The number of hydrogen-bond acceptors (Lipinski definition) is 4. The minimum Gasteiger partial charge on any atom is -0.350 e. The smallest absolute Gasteiger partial charge is 0.350 e. The van der Waals surface area contributed by atoms with E-state index in [4.69, 9.17) is 0 Å². The Morgan fingerprint density at radius 1 is 1.00 bits per heavy atom. The molecule has 2 atom stereocenters. The number of hydrogen-bond donors (Lipinski definition) is 2. The van der Waals surface area contributed by atoms with Crippen molar-refractivity contribution < 1.29 is 36.2 Å². The largest absolute Gasteiger partial charge is 0.416 e. The summed E-state index contributed by atoms with van der Waals surface area (Å²) in [5, 5.41) is 5.08. The summed E-state index contributed by atoms with van der Waals surface area (Å²) in [5.41, 5.74) is -1.67. The van der Waals surface area contributed by atoms with E-state index >= 15 is 0 Å². The van der Waals surface area contributed by atoms with E-state index in [1.165, 1.54) is 25.1 Å². The highest BCUT2D eigenvalue weighted by Gasteiger charge is 2.34. The van der Waals surface area contributed by atoms with Crippen LogP contribution in [0.25, 0.3) is 0 Å². The van der Waals surface area contributed by atoms with E-state index in [-0.39, 0.29) is 11.4 Å². The average Bonchev–Trinajstić information content (AvgIpc) is 2.73. The van der Waals surface area contributed by atoms with Crippen LogP contribution in [0.4, 0.5) is 28.9 Å². The van der Waals surface area contributed by atoms with Crippen molar-refractivity contribution in [2.24, 2.45) is 0 Å². The van der Waals surface area contributed by atoms with E-state index in [0.29, 0.717) is 0 Å². The van der Waals surface area contributed by atoms with Gasteiger partial charge in [-0.25, -0.2) is 4.39 Å². The van der Waals surface area contributed by atoms with Crippen LogP contribution < -0.4 is 15.5 Å². The molecule has 12 heteroatoms. The summed E-state index contributed by atoms with van der Waals surface area (Å²) in [5.74, 6) is -4.08. The van der Waals surface area contributed by atoms with Crippen LogP contribution in [-0.2, 0) is 31.4 Å². The van der Waals surface area contributed by atoms with Crippen LogP contribution in [-0.4, -0.2) is 45.0 Å². The van der Waals surface area contributed by atoms with Crippen molar-refractivity contribution in [2.75, 3.05) is 21.7 Å². The van der Waals surface area contributed by atoms with Gasteiger partial charge in [0.05, 0.1) is 5.56 Å². The van der Waals surface area contributed by atoms with Crippen LogP contribution in [0.3, 0.4) is 0 Å². The summed E-state index contributed by atoms with van der Waals surface area (Å²) in [6, 6.07) is 7.47. The Morgan fingerprint density at radius 2 is 1.61 bits per heavy atom. The lowest BCUT2D eigenvalue weighted by Gasteiger charge is -2.31. The maximum absolute atomic E-state index is 13.3. The van der Waals surface area contributed by atoms with Gasteiger partial charge in [0.1, 0.15) is 23.4 Å². The zero-order valence-electron chi connectivity index (χ0n) is 20.1. The molecule has 2 aromatic carbocycles. The maximum atomic E-state index is 13.3. The maximum Gasteiger partial charge on any atom is 0.416 e. The second kappa shape index (κ2) is 11.6. The fourth-order valence-corrected chi connectivity index (χ4v) is 4.02. The van der Waals surface area contributed by atoms with Gasteiger partial charge in [-0.2, -0.15) is 13.2 Å². The molecule has 0 bridgehead atoms. The molecular weight excluding hydrogens is 502 g/mol. The summed E-state index contributed by atoms with van der Waals surface area (Å²) in [6.45, 7) is 6.43. The molecule has 2 rings (SSSR count). The molecule has 0 aliphatic heterocycles. The zero-order valence-corrected chi connectivity index (χ0v) is 20.9. The van der Waals surface area contributed by atoms with Gasteiger partial charge in [0.2, 0.25) is 17.7 Å². The Kier molecular flexibility index (Phi) is 9.36. The third kappa shape index (κ3) is 8.74. The first-order chi connectivity index (χ1) is 16.6. The number of nitrogens with zero attached hydrogens (tertiary/aromatic N) is 1. The minimum atomic E-state index is -4.69. The molecule has 0 aliphatic carbocycles. The Hall–Kier alpha value is -3.28. The molecule has 0 radical (unpaired) electrons. The summed E-state index contributed by atoms with van der Waals surface area (Å²) < 4.78 is 65.4. The Morgan fingerprint density at radius 3 is 2.17 bits per heavy atom. The van der Waals surface area contributed by atoms with E-state index < -0.39 is 69.2 Å². The molecule has 0 heterocycles. The second-order valence-corrected chi connectivity index (χ2v) is 10.5. The number of rotatable bonds is 8. The minimum absolute atomic E-state index is 0.209. The van der Waals surface area contributed by atoms with E-state index in [1.807, 2.05) is 0 Å². The molecular formula is C24H27F4N3O4S. The lowest BCUT2D eigenvalue weighted by atomic mass is 10.1. The van der Waals surface area contributed by atoms with E-state index in [0.717, 1.165) is 35.2 Å². The molecule has 0 spiro atoms. The molecule has 0 fully saturated rings. The molecule has 7 nitrogen and oxygen atoms in total. The van der Waals surface area contributed by atoms with E-state index in [9.17, 15) is 36.2 Å². The molecule has 196 valence electrons. The van der Waals surface area contributed by atoms with Gasteiger partial charge in [-0.3, -0.25) is 23.5 Å². The van der Waals surface area contributed by atoms with Crippen LogP contribution in [0.5, 0.6) is 0 Å². The normalized spacial score (nSPS) is 13.4. The molecule has 2 N–H and O–H groups in total. The van der Waals surface area contributed by atoms with Crippen molar-refractivity contribution >= 4 is 39.9 Å². The van der Waals surface area contributed by atoms with Crippen molar-refractivity contribution in [3.8, 4) is 0 Å². The van der Waals surface area contributed by atoms with Crippen molar-refractivity contribution in [3.05, 3.63) is 59.9 Å². The SMILES string of the molecule is C[C@H](C(=O)NC(C)(C)C)N(C(=O)C[S@](=O)CC(=O)Nc1ccc(F)cc1)c1cccc(C(F)(F)F)c1. The molecule has 2 aromatic rings. The monoisotopic (exact) mass is 529 g/mol. The highest BCUT2D eigenvalue weighted by atomic mass is 32.2. The Balaban J connectivity index is 2.24. The standard InChI is InChI=1S/C24H27F4N3O4S/c1-15(22(34)30-23(2,3)4)31(19-7-5-6-16(12-19)24(26,27)28)21(33)14-36(35)13-20(32)29-18-10-8-17(25)9-11-18/h5-12,15H,13-14H2,1-4H3,(H,29,32)(H,30,34)/t15-,36-/m1/s1. The van der Waals surface area contributed by atoms with Crippen LogP contribution in [0.1, 0.15) is 33.3 Å². The van der Waals surface area contributed by atoms with Gasteiger partial charge in [-0.15, -0.1) is 0 Å². The summed E-state index contributed by atoms with van der Waals surface area (Å²) in [6.07, 6.45) is -4.69. The van der Waals surface area contributed by atoms with Gasteiger partial charge in [-0.1, -0.05) is 6.07 Å². The van der Waals surface area contributed by atoms with Crippen LogP contribution in [0, 0.1) is 5.82 Å². The quantitative estimate of drug-likeness (QED) is 0.508. The number of halogens is 4. The Labute approximate surface area is 208 Å². The fraction of sp³-hybridized carbons (Fsp3) is 0.375. The highest BCUT2D eigenvalue weighted by Crippen LogP contribution is 2.32. The summed E-state index contributed by atoms with van der Waals surface area (Å²) in [7, 11) is -2.06. The number of alkyl halides is 3. The van der Waals surface area contributed by atoms with Gasteiger partial charge >= 0.3 is 6.18 Å². The number of amides is 3. The third-order valence-electron chi connectivity index (χ3n) is 4.69. The average molecular weight is 530 g/mol. The summed E-state index contributed by atoms with van der Waals surface area (Å²) in [4.78, 5) is 38.9. The molecule has 36 heavy (non-hydrogen) atoms. The zero-order chi connectivity index (χ0) is 27.3. The van der Waals surface area contributed by atoms with Crippen molar-refractivity contribution in [1.29, 1.82) is 0 Å². The fourth-order valence-electron chi connectivity index (χ4n) is 3.14. The predicted molar refractivity (Wildman–Crippen MR) is 129 cm³/mol. The number of anilines is 2. The van der Waals surface area contributed by atoms with E-state index in [1.54, 1.807) is 20.8 Å². The van der Waals surface area contributed by atoms with Gasteiger partial charge < -0.3 is 10.6 Å². The number of benzene rings is 2. The van der Waals surface area contributed by atoms with Crippen molar-refractivity contribution in [1.82, 2.24) is 5.32 Å². The molecule has 0 aliphatic rings. The predicted octanol–water partition coefficient (Wildman–Crippen LogP) is 3.87. The first-order valence-electron chi connectivity index (χ1n) is 10.8. The van der Waals surface area contributed by atoms with Gasteiger partial charge in [0.25, 0.3) is 0 Å².